The van der Waals surface area contributed by atoms with Gasteiger partial charge in [0.15, 0.2) is 0 Å². The van der Waals surface area contributed by atoms with Gasteiger partial charge in [-0.3, -0.25) is 4.79 Å². The molecule has 0 saturated carbocycles. The van der Waals surface area contributed by atoms with Crippen molar-refractivity contribution in [3.63, 3.8) is 0 Å². The molecule has 2 aromatic heterocycles. The number of benzene rings is 1. The van der Waals surface area contributed by atoms with E-state index in [1.807, 2.05) is 47.8 Å². The molecule has 108 valence electrons. The third-order valence-corrected chi connectivity index (χ3v) is 4.17. The topological polar surface area (TPSA) is 68.7 Å². The van der Waals surface area contributed by atoms with Crippen molar-refractivity contribution in [2.45, 2.75) is 6.54 Å². The fourth-order valence-corrected chi connectivity index (χ4v) is 2.84. The maximum Gasteiger partial charge on any atom is 0.262 e. The molecule has 4 nitrogen and oxygen atoms in total. The minimum absolute atomic E-state index is 0.0984. The molecule has 2 heterocycles. The van der Waals surface area contributed by atoms with E-state index in [2.05, 4.69) is 10.3 Å². The number of carbonyl (C=O) groups excluding carboxylic acids is 1. The fourth-order valence-electron chi connectivity index (χ4n) is 2.19. The average molecular weight is 307 g/mol. The summed E-state index contributed by atoms with van der Waals surface area (Å²) in [5.41, 5.74) is 1.91. The number of aromatic nitrogens is 1. The standard InChI is InChI=1S/C17H13N3OS/c18-9-12(17(21)20-11-14-4-3-7-22-14)8-13-10-19-16-6-2-1-5-15(13)16/h1-8,10,19H,11H2,(H,20,21). The number of nitrogens with zero attached hydrogens (tertiary/aromatic N) is 1. The maximum atomic E-state index is 12.1. The molecule has 0 aliphatic rings. The molecule has 0 unspecified atom stereocenters. The zero-order chi connectivity index (χ0) is 15.4. The molecule has 0 fully saturated rings. The predicted octanol–water partition coefficient (Wildman–Crippen LogP) is 3.45. The van der Waals surface area contributed by atoms with Gasteiger partial charge in [-0.15, -0.1) is 11.3 Å². The minimum Gasteiger partial charge on any atom is -0.361 e. The monoisotopic (exact) mass is 307 g/mol. The molecular weight excluding hydrogens is 294 g/mol. The summed E-state index contributed by atoms with van der Waals surface area (Å²) in [7, 11) is 0. The Morgan fingerprint density at radius 1 is 1.32 bits per heavy atom. The quantitative estimate of drug-likeness (QED) is 0.572. The molecule has 0 saturated heterocycles. The van der Waals surface area contributed by atoms with Crippen LogP contribution < -0.4 is 5.32 Å². The first-order valence-electron chi connectivity index (χ1n) is 6.76. The molecule has 0 aliphatic carbocycles. The third-order valence-electron chi connectivity index (χ3n) is 3.29. The molecule has 0 radical (unpaired) electrons. The van der Waals surface area contributed by atoms with Gasteiger partial charge in [0.25, 0.3) is 5.91 Å². The lowest BCUT2D eigenvalue weighted by Crippen LogP contribution is -2.23. The average Bonchev–Trinajstić information content (AvgIpc) is 3.20. The zero-order valence-electron chi connectivity index (χ0n) is 11.7. The van der Waals surface area contributed by atoms with Crippen LogP contribution in [0.2, 0.25) is 0 Å². The van der Waals surface area contributed by atoms with Crippen LogP contribution in [-0.4, -0.2) is 10.9 Å². The van der Waals surface area contributed by atoms with Gasteiger partial charge in [-0.1, -0.05) is 24.3 Å². The summed E-state index contributed by atoms with van der Waals surface area (Å²) < 4.78 is 0. The van der Waals surface area contributed by atoms with Gasteiger partial charge in [0, 0.05) is 27.5 Å². The Morgan fingerprint density at radius 3 is 2.95 bits per heavy atom. The van der Waals surface area contributed by atoms with Gasteiger partial charge in [-0.2, -0.15) is 5.26 Å². The van der Waals surface area contributed by atoms with Gasteiger partial charge in [0.05, 0.1) is 6.54 Å². The molecule has 0 bridgehead atoms. The molecule has 22 heavy (non-hydrogen) atoms. The van der Waals surface area contributed by atoms with E-state index in [1.165, 1.54) is 0 Å². The highest BCUT2D eigenvalue weighted by atomic mass is 32.1. The van der Waals surface area contributed by atoms with Gasteiger partial charge in [0.1, 0.15) is 11.6 Å². The van der Waals surface area contributed by atoms with Crippen molar-refractivity contribution in [2.75, 3.05) is 0 Å². The highest BCUT2D eigenvalue weighted by Gasteiger charge is 2.10. The van der Waals surface area contributed by atoms with Crippen molar-refractivity contribution in [2.24, 2.45) is 0 Å². The number of hydrogen-bond acceptors (Lipinski definition) is 3. The van der Waals surface area contributed by atoms with Crippen LogP contribution in [0.25, 0.3) is 17.0 Å². The van der Waals surface area contributed by atoms with Crippen molar-refractivity contribution in [3.8, 4) is 6.07 Å². The van der Waals surface area contributed by atoms with Gasteiger partial charge in [0.2, 0.25) is 0 Å². The summed E-state index contributed by atoms with van der Waals surface area (Å²) in [6.07, 6.45) is 3.41. The molecule has 5 heteroatoms. The van der Waals surface area contributed by atoms with Crippen molar-refractivity contribution < 1.29 is 4.79 Å². The molecule has 3 aromatic rings. The molecule has 0 aliphatic heterocycles. The van der Waals surface area contributed by atoms with Crippen LogP contribution >= 0.6 is 11.3 Å². The summed E-state index contributed by atoms with van der Waals surface area (Å²) in [5.74, 6) is -0.360. The molecule has 0 spiro atoms. The summed E-state index contributed by atoms with van der Waals surface area (Å²) in [5, 5.41) is 14.9. The summed E-state index contributed by atoms with van der Waals surface area (Å²) >= 11 is 1.57. The Hall–Kier alpha value is -2.84. The summed E-state index contributed by atoms with van der Waals surface area (Å²) in [6.45, 7) is 0.434. The number of para-hydroxylation sites is 1. The van der Waals surface area contributed by atoms with Crippen LogP contribution in [0.1, 0.15) is 10.4 Å². The number of rotatable bonds is 4. The first-order valence-corrected chi connectivity index (χ1v) is 7.64. The molecule has 1 aromatic carbocycles. The third kappa shape index (κ3) is 2.92. The predicted molar refractivity (Wildman–Crippen MR) is 88.1 cm³/mol. The van der Waals surface area contributed by atoms with Gasteiger partial charge < -0.3 is 10.3 Å². The first kappa shape index (κ1) is 14.1. The van der Waals surface area contributed by atoms with E-state index in [-0.39, 0.29) is 11.5 Å². The number of aromatic amines is 1. The molecule has 2 N–H and O–H groups in total. The van der Waals surface area contributed by atoms with Crippen LogP contribution in [0.5, 0.6) is 0 Å². The Kier molecular flexibility index (Phi) is 4.03. The molecule has 3 rings (SSSR count). The van der Waals surface area contributed by atoms with Crippen molar-refractivity contribution in [1.29, 1.82) is 5.26 Å². The van der Waals surface area contributed by atoms with Gasteiger partial charge in [-0.05, 0) is 23.6 Å². The second-order valence-corrected chi connectivity index (χ2v) is 5.75. The number of fused-ring (bicyclic) bond motifs is 1. The summed E-state index contributed by atoms with van der Waals surface area (Å²) in [6, 6.07) is 13.6. The van der Waals surface area contributed by atoms with Crippen LogP contribution in [0.3, 0.4) is 0 Å². The highest BCUT2D eigenvalue weighted by Crippen LogP contribution is 2.20. The number of H-pyrrole nitrogens is 1. The smallest absolute Gasteiger partial charge is 0.262 e. The van der Waals surface area contributed by atoms with E-state index in [4.69, 9.17) is 0 Å². The van der Waals surface area contributed by atoms with E-state index in [9.17, 15) is 10.1 Å². The number of hydrogen-bond donors (Lipinski definition) is 2. The highest BCUT2D eigenvalue weighted by molar-refractivity contribution is 7.09. The number of carbonyl (C=O) groups is 1. The van der Waals surface area contributed by atoms with Crippen LogP contribution in [0.15, 0.2) is 53.5 Å². The maximum absolute atomic E-state index is 12.1. The Balaban J connectivity index is 1.81. The van der Waals surface area contributed by atoms with E-state index < -0.39 is 0 Å². The SMILES string of the molecule is N#CC(=Cc1c[nH]c2ccccc12)C(=O)NCc1cccs1. The molecule has 1 amide bonds. The number of thiophene rings is 1. The zero-order valence-corrected chi connectivity index (χ0v) is 12.5. The van der Waals surface area contributed by atoms with Gasteiger partial charge in [-0.25, -0.2) is 0 Å². The number of amides is 1. The molecular formula is C17H13N3OS. The van der Waals surface area contributed by atoms with Crippen molar-refractivity contribution in [1.82, 2.24) is 10.3 Å². The second-order valence-electron chi connectivity index (χ2n) is 4.72. The molecule has 0 atom stereocenters. The van der Waals surface area contributed by atoms with E-state index in [0.29, 0.717) is 6.54 Å². The van der Waals surface area contributed by atoms with Crippen molar-refractivity contribution >= 4 is 34.2 Å². The normalized spacial score (nSPS) is 11.3. The Bertz CT molecular complexity index is 869. The largest absolute Gasteiger partial charge is 0.361 e. The summed E-state index contributed by atoms with van der Waals surface area (Å²) in [4.78, 5) is 16.3. The van der Waals surface area contributed by atoms with E-state index in [1.54, 1.807) is 23.6 Å². The number of nitriles is 1. The number of nitrogens with one attached hydrogen (secondary N) is 2. The lowest BCUT2D eigenvalue weighted by molar-refractivity contribution is -0.117. The van der Waals surface area contributed by atoms with Gasteiger partial charge >= 0.3 is 0 Å². The Labute approximate surface area is 131 Å². The van der Waals surface area contributed by atoms with Crippen LogP contribution in [0.4, 0.5) is 0 Å². The van der Waals surface area contributed by atoms with Crippen molar-refractivity contribution in [3.05, 3.63) is 64.0 Å². The van der Waals surface area contributed by atoms with Crippen LogP contribution in [-0.2, 0) is 11.3 Å². The van der Waals surface area contributed by atoms with Crippen LogP contribution in [0, 0.1) is 11.3 Å². The fraction of sp³-hybridized carbons (Fsp3) is 0.0588. The lowest BCUT2D eigenvalue weighted by Gasteiger charge is -2.02. The van der Waals surface area contributed by atoms with E-state index in [0.717, 1.165) is 21.3 Å². The Morgan fingerprint density at radius 2 is 2.18 bits per heavy atom. The van der Waals surface area contributed by atoms with E-state index >= 15 is 0 Å². The minimum atomic E-state index is -0.360. The second kappa shape index (κ2) is 6.29. The first-order chi connectivity index (χ1) is 10.8. The lowest BCUT2D eigenvalue weighted by atomic mass is 10.1.